The van der Waals surface area contributed by atoms with Gasteiger partial charge in [-0.1, -0.05) is 6.92 Å². The van der Waals surface area contributed by atoms with Gasteiger partial charge in [-0.2, -0.15) is 0 Å². The Morgan fingerprint density at radius 2 is 2.22 bits per heavy atom. The molecule has 2 saturated heterocycles. The van der Waals surface area contributed by atoms with Crippen molar-refractivity contribution in [2.24, 2.45) is 5.92 Å². The standard InChI is InChI=1S/C18H27N3O2/c1-3-15-13-14(8-12-23-15)18(22)20(2)16-7-6-9-19-17(16)21-10-4-5-11-21/h6-7,9,14-15H,3-5,8,10-13H2,1-2H3/t14-,15+/m0/s1. The Balaban J connectivity index is 1.77. The second kappa shape index (κ2) is 7.30. The summed E-state index contributed by atoms with van der Waals surface area (Å²) >= 11 is 0. The molecule has 3 heterocycles. The SMILES string of the molecule is CC[C@@H]1C[C@@H](C(=O)N(C)c2cccnc2N2CCCC2)CCO1. The molecule has 1 aromatic heterocycles. The summed E-state index contributed by atoms with van der Waals surface area (Å²) in [6, 6.07) is 3.92. The fourth-order valence-corrected chi connectivity index (χ4v) is 3.60. The summed E-state index contributed by atoms with van der Waals surface area (Å²) in [5.74, 6) is 1.20. The molecule has 0 aliphatic carbocycles. The van der Waals surface area contributed by atoms with Crippen LogP contribution in [0.3, 0.4) is 0 Å². The summed E-state index contributed by atoms with van der Waals surface area (Å²) in [4.78, 5) is 21.6. The number of pyridine rings is 1. The lowest BCUT2D eigenvalue weighted by Gasteiger charge is -2.32. The lowest BCUT2D eigenvalue weighted by Crippen LogP contribution is -2.39. The van der Waals surface area contributed by atoms with Gasteiger partial charge in [0.2, 0.25) is 5.91 Å². The topological polar surface area (TPSA) is 45.7 Å². The van der Waals surface area contributed by atoms with Crippen LogP contribution in [0.2, 0.25) is 0 Å². The van der Waals surface area contributed by atoms with Crippen LogP contribution in [0.5, 0.6) is 0 Å². The molecule has 0 spiro atoms. The molecule has 23 heavy (non-hydrogen) atoms. The smallest absolute Gasteiger partial charge is 0.230 e. The Labute approximate surface area is 138 Å². The van der Waals surface area contributed by atoms with Crippen LogP contribution in [-0.4, -0.2) is 43.7 Å². The van der Waals surface area contributed by atoms with Gasteiger partial charge in [0.15, 0.2) is 5.82 Å². The minimum Gasteiger partial charge on any atom is -0.378 e. The van der Waals surface area contributed by atoms with Crippen LogP contribution in [0.15, 0.2) is 18.3 Å². The van der Waals surface area contributed by atoms with Crippen molar-refractivity contribution in [1.29, 1.82) is 0 Å². The minimum atomic E-state index is 0.0605. The van der Waals surface area contributed by atoms with Gasteiger partial charge >= 0.3 is 0 Å². The Hall–Kier alpha value is -1.62. The van der Waals surface area contributed by atoms with Gasteiger partial charge in [-0.25, -0.2) is 4.98 Å². The van der Waals surface area contributed by atoms with Crippen molar-refractivity contribution in [1.82, 2.24) is 4.98 Å². The molecule has 126 valence electrons. The number of hydrogen-bond donors (Lipinski definition) is 0. The predicted molar refractivity (Wildman–Crippen MR) is 91.8 cm³/mol. The van der Waals surface area contributed by atoms with Crippen LogP contribution in [0, 0.1) is 5.92 Å². The molecule has 0 aromatic carbocycles. The van der Waals surface area contributed by atoms with Crippen molar-refractivity contribution in [3.8, 4) is 0 Å². The highest BCUT2D eigenvalue weighted by atomic mass is 16.5. The third-order valence-corrected chi connectivity index (χ3v) is 5.04. The first-order valence-electron chi connectivity index (χ1n) is 8.79. The summed E-state index contributed by atoms with van der Waals surface area (Å²) in [6.07, 6.45) is 7.06. The Kier molecular flexibility index (Phi) is 5.16. The molecule has 0 bridgehead atoms. The second-order valence-corrected chi connectivity index (χ2v) is 6.56. The van der Waals surface area contributed by atoms with Gasteiger partial charge in [0.25, 0.3) is 0 Å². The highest BCUT2D eigenvalue weighted by molar-refractivity contribution is 5.97. The Morgan fingerprint density at radius 3 is 2.96 bits per heavy atom. The van der Waals surface area contributed by atoms with Crippen LogP contribution in [0.4, 0.5) is 11.5 Å². The molecule has 2 atom stereocenters. The van der Waals surface area contributed by atoms with Crippen LogP contribution in [0.1, 0.15) is 39.0 Å². The number of rotatable bonds is 4. The van der Waals surface area contributed by atoms with E-state index in [0.717, 1.165) is 43.9 Å². The maximum Gasteiger partial charge on any atom is 0.230 e. The molecule has 5 nitrogen and oxygen atoms in total. The fourth-order valence-electron chi connectivity index (χ4n) is 3.60. The number of ether oxygens (including phenoxy) is 1. The number of amides is 1. The number of nitrogens with zero attached hydrogens (tertiary/aromatic N) is 3. The van der Waals surface area contributed by atoms with E-state index < -0.39 is 0 Å². The Morgan fingerprint density at radius 1 is 1.43 bits per heavy atom. The molecule has 0 radical (unpaired) electrons. The van der Waals surface area contributed by atoms with E-state index in [9.17, 15) is 4.79 Å². The second-order valence-electron chi connectivity index (χ2n) is 6.56. The molecule has 1 aromatic rings. The van der Waals surface area contributed by atoms with Crippen molar-refractivity contribution in [3.05, 3.63) is 18.3 Å². The van der Waals surface area contributed by atoms with Crippen LogP contribution in [0.25, 0.3) is 0 Å². The first-order chi connectivity index (χ1) is 11.2. The third-order valence-electron chi connectivity index (χ3n) is 5.04. The van der Waals surface area contributed by atoms with Gasteiger partial charge in [0.1, 0.15) is 0 Å². The maximum absolute atomic E-state index is 13.0. The number of hydrogen-bond acceptors (Lipinski definition) is 4. The van der Waals surface area contributed by atoms with Crippen molar-refractivity contribution in [2.45, 2.75) is 45.1 Å². The quantitative estimate of drug-likeness (QED) is 0.856. The molecular formula is C18H27N3O2. The molecule has 2 aliphatic rings. The van der Waals surface area contributed by atoms with Crippen LogP contribution >= 0.6 is 0 Å². The highest BCUT2D eigenvalue weighted by Crippen LogP contribution is 2.31. The molecule has 5 heteroatoms. The van der Waals surface area contributed by atoms with Crippen LogP contribution < -0.4 is 9.80 Å². The third kappa shape index (κ3) is 3.50. The van der Waals surface area contributed by atoms with E-state index in [2.05, 4.69) is 16.8 Å². The molecule has 0 saturated carbocycles. The van der Waals surface area contributed by atoms with E-state index in [1.54, 1.807) is 0 Å². The predicted octanol–water partition coefficient (Wildman–Crippen LogP) is 2.85. The van der Waals surface area contributed by atoms with E-state index >= 15 is 0 Å². The number of carbonyl (C=O) groups is 1. The first kappa shape index (κ1) is 16.2. The largest absolute Gasteiger partial charge is 0.378 e. The van der Waals surface area contributed by atoms with Gasteiger partial charge < -0.3 is 14.5 Å². The number of carbonyl (C=O) groups excluding carboxylic acids is 1. The monoisotopic (exact) mass is 317 g/mol. The van der Waals surface area contributed by atoms with E-state index in [1.165, 1.54) is 12.8 Å². The number of aromatic nitrogens is 1. The van der Waals surface area contributed by atoms with Gasteiger partial charge in [0.05, 0.1) is 11.8 Å². The highest BCUT2D eigenvalue weighted by Gasteiger charge is 2.31. The lowest BCUT2D eigenvalue weighted by molar-refractivity contribution is -0.127. The molecule has 1 amide bonds. The van der Waals surface area contributed by atoms with Gasteiger partial charge in [-0.3, -0.25) is 4.79 Å². The number of anilines is 2. The summed E-state index contributed by atoms with van der Waals surface area (Å²) < 4.78 is 5.71. The summed E-state index contributed by atoms with van der Waals surface area (Å²) in [5, 5.41) is 0. The first-order valence-corrected chi connectivity index (χ1v) is 8.79. The molecule has 2 aliphatic heterocycles. The summed E-state index contributed by atoms with van der Waals surface area (Å²) in [7, 11) is 1.88. The lowest BCUT2D eigenvalue weighted by atomic mass is 9.93. The van der Waals surface area contributed by atoms with Crippen molar-refractivity contribution >= 4 is 17.4 Å². The normalized spacial score (nSPS) is 24.7. The summed E-state index contributed by atoms with van der Waals surface area (Å²) in [5.41, 5.74) is 0.930. The average Bonchev–Trinajstić information content (AvgIpc) is 3.15. The Bertz CT molecular complexity index is 543. The summed E-state index contributed by atoms with van der Waals surface area (Å²) in [6.45, 7) is 4.87. The molecule has 0 N–H and O–H groups in total. The van der Waals surface area contributed by atoms with E-state index in [1.807, 2.05) is 30.3 Å². The van der Waals surface area contributed by atoms with Crippen molar-refractivity contribution < 1.29 is 9.53 Å². The zero-order chi connectivity index (χ0) is 16.2. The van der Waals surface area contributed by atoms with E-state index in [4.69, 9.17) is 4.74 Å². The molecular weight excluding hydrogens is 290 g/mol. The van der Waals surface area contributed by atoms with Crippen LogP contribution in [-0.2, 0) is 9.53 Å². The van der Waals surface area contributed by atoms with Gasteiger partial charge in [-0.15, -0.1) is 0 Å². The van der Waals surface area contributed by atoms with Crippen molar-refractivity contribution in [3.63, 3.8) is 0 Å². The zero-order valence-electron chi connectivity index (χ0n) is 14.2. The van der Waals surface area contributed by atoms with Gasteiger partial charge in [0, 0.05) is 38.9 Å². The minimum absolute atomic E-state index is 0.0605. The van der Waals surface area contributed by atoms with Gasteiger partial charge in [-0.05, 0) is 44.2 Å². The maximum atomic E-state index is 13.0. The average molecular weight is 317 g/mol. The fraction of sp³-hybridized carbons (Fsp3) is 0.667. The van der Waals surface area contributed by atoms with E-state index in [0.29, 0.717) is 6.61 Å². The zero-order valence-corrected chi connectivity index (χ0v) is 14.2. The van der Waals surface area contributed by atoms with Crippen molar-refractivity contribution in [2.75, 3.05) is 36.5 Å². The molecule has 0 unspecified atom stereocenters. The molecule has 3 rings (SSSR count). The van der Waals surface area contributed by atoms with E-state index in [-0.39, 0.29) is 17.9 Å². The molecule has 2 fully saturated rings.